The molecular weight excluding hydrogens is 408 g/mol. The number of amides is 2. The number of anilines is 1. The lowest BCUT2D eigenvalue weighted by Crippen LogP contribution is -2.38. The fourth-order valence-electron chi connectivity index (χ4n) is 4.29. The molecule has 32 heavy (non-hydrogen) atoms. The van der Waals surface area contributed by atoms with Crippen LogP contribution in [-0.2, 0) is 9.59 Å². The minimum atomic E-state index is -0.386. The number of nitrogens with zero attached hydrogens (tertiary/aromatic N) is 2. The second-order valence-electron chi connectivity index (χ2n) is 8.11. The predicted molar refractivity (Wildman–Crippen MR) is 122 cm³/mol. The molecule has 2 heterocycles. The van der Waals surface area contributed by atoms with Crippen LogP contribution in [0.2, 0.25) is 0 Å². The van der Waals surface area contributed by atoms with E-state index >= 15 is 0 Å². The van der Waals surface area contributed by atoms with Gasteiger partial charge in [0.05, 0.1) is 32.6 Å². The predicted octanol–water partition coefficient (Wildman–Crippen LogP) is 3.73. The highest BCUT2D eigenvalue weighted by Crippen LogP contribution is 2.40. The maximum Gasteiger partial charge on any atom is 0.282 e. The first-order valence-electron chi connectivity index (χ1n) is 10.7. The number of carbonyl (C=O) groups is 2. The number of ether oxygens (including phenoxy) is 3. The Balaban J connectivity index is 1.85. The molecule has 2 aromatic carbocycles. The molecular formula is C25H28N2O5. The molecule has 7 heteroatoms. The minimum Gasteiger partial charge on any atom is -0.497 e. The van der Waals surface area contributed by atoms with Crippen LogP contribution in [-0.4, -0.2) is 51.1 Å². The molecule has 0 radical (unpaired) electrons. The Hall–Kier alpha value is -3.48. The number of imide groups is 1. The monoisotopic (exact) mass is 436 g/mol. The molecule has 2 aliphatic heterocycles. The fraction of sp³-hybridized carbons (Fsp3) is 0.360. The lowest BCUT2D eigenvalue weighted by molar-refractivity contribution is -0.120. The van der Waals surface area contributed by atoms with Crippen LogP contribution < -0.4 is 19.1 Å². The Morgan fingerprint density at radius 3 is 2.06 bits per heavy atom. The summed E-state index contributed by atoms with van der Waals surface area (Å²) in [5, 5.41) is 0. The summed E-state index contributed by atoms with van der Waals surface area (Å²) in [6, 6.07) is 12.3. The topological polar surface area (TPSA) is 68.3 Å². The van der Waals surface area contributed by atoms with E-state index in [0.29, 0.717) is 45.7 Å². The third-order valence-corrected chi connectivity index (χ3v) is 6.13. The zero-order valence-corrected chi connectivity index (χ0v) is 18.9. The molecule has 1 saturated heterocycles. The van der Waals surface area contributed by atoms with Crippen LogP contribution in [0.4, 0.5) is 5.69 Å². The van der Waals surface area contributed by atoms with Crippen molar-refractivity contribution in [3.8, 4) is 17.2 Å². The first-order valence-corrected chi connectivity index (χ1v) is 10.7. The van der Waals surface area contributed by atoms with Gasteiger partial charge in [0.25, 0.3) is 11.8 Å². The second-order valence-corrected chi connectivity index (χ2v) is 8.11. The van der Waals surface area contributed by atoms with Crippen LogP contribution in [0.1, 0.15) is 25.3 Å². The van der Waals surface area contributed by atoms with Crippen molar-refractivity contribution in [3.05, 3.63) is 53.7 Å². The van der Waals surface area contributed by atoms with Crippen molar-refractivity contribution < 1.29 is 23.8 Å². The van der Waals surface area contributed by atoms with Crippen molar-refractivity contribution in [1.82, 2.24) is 4.90 Å². The molecule has 2 aromatic rings. The van der Waals surface area contributed by atoms with Crippen LogP contribution >= 0.6 is 0 Å². The van der Waals surface area contributed by atoms with Gasteiger partial charge in [-0.05, 0) is 24.8 Å². The van der Waals surface area contributed by atoms with Crippen LogP contribution in [0.3, 0.4) is 0 Å². The molecule has 4 rings (SSSR count). The highest BCUT2D eigenvalue weighted by molar-refractivity contribution is 6.45. The van der Waals surface area contributed by atoms with Gasteiger partial charge in [-0.1, -0.05) is 25.1 Å². The fourth-order valence-corrected chi connectivity index (χ4v) is 4.29. The largest absolute Gasteiger partial charge is 0.497 e. The number of rotatable bonds is 6. The van der Waals surface area contributed by atoms with E-state index in [4.69, 9.17) is 14.2 Å². The van der Waals surface area contributed by atoms with E-state index in [-0.39, 0.29) is 11.8 Å². The number of benzene rings is 2. The van der Waals surface area contributed by atoms with Gasteiger partial charge in [0.1, 0.15) is 22.9 Å². The molecule has 0 aliphatic carbocycles. The first kappa shape index (κ1) is 21.7. The summed E-state index contributed by atoms with van der Waals surface area (Å²) in [7, 11) is 4.63. The SMILES string of the molecule is COc1cc(OC)cc(N2C(=O)C(c3ccccc3OC)=C(N3CCC(C)CC3)C2=O)c1. The average Bonchev–Trinajstić information content (AvgIpc) is 3.08. The van der Waals surface area contributed by atoms with Crippen molar-refractivity contribution in [2.45, 2.75) is 19.8 Å². The number of methoxy groups -OCH3 is 3. The van der Waals surface area contributed by atoms with Crippen LogP contribution in [0.15, 0.2) is 48.2 Å². The molecule has 2 amide bonds. The van der Waals surface area contributed by atoms with Crippen molar-refractivity contribution >= 4 is 23.1 Å². The second kappa shape index (κ2) is 8.94. The van der Waals surface area contributed by atoms with Gasteiger partial charge in [-0.2, -0.15) is 0 Å². The molecule has 0 N–H and O–H groups in total. The van der Waals surface area contributed by atoms with Crippen LogP contribution in [0.5, 0.6) is 17.2 Å². The summed E-state index contributed by atoms with van der Waals surface area (Å²) in [6.45, 7) is 3.66. The number of para-hydroxylation sites is 1. The molecule has 0 saturated carbocycles. The number of hydrogen-bond acceptors (Lipinski definition) is 6. The molecule has 7 nitrogen and oxygen atoms in total. The third-order valence-electron chi connectivity index (χ3n) is 6.13. The zero-order valence-electron chi connectivity index (χ0n) is 18.9. The minimum absolute atomic E-state index is 0.347. The summed E-state index contributed by atoms with van der Waals surface area (Å²) in [4.78, 5) is 30.8. The lowest BCUT2D eigenvalue weighted by atomic mass is 9.97. The molecule has 0 bridgehead atoms. The highest BCUT2D eigenvalue weighted by atomic mass is 16.5. The van der Waals surface area contributed by atoms with Gasteiger partial charge in [0, 0.05) is 36.9 Å². The van der Waals surface area contributed by atoms with E-state index < -0.39 is 0 Å². The molecule has 1 fully saturated rings. The highest BCUT2D eigenvalue weighted by Gasteiger charge is 2.44. The van der Waals surface area contributed by atoms with E-state index in [0.717, 1.165) is 25.9 Å². The van der Waals surface area contributed by atoms with Gasteiger partial charge in [-0.3, -0.25) is 9.59 Å². The number of likely N-dealkylation sites (tertiary alicyclic amines) is 1. The maximum absolute atomic E-state index is 13.8. The van der Waals surface area contributed by atoms with Crippen LogP contribution in [0, 0.1) is 5.92 Å². The normalized spacial score (nSPS) is 17.2. The van der Waals surface area contributed by atoms with E-state index in [1.807, 2.05) is 23.1 Å². The van der Waals surface area contributed by atoms with Crippen molar-refractivity contribution in [2.24, 2.45) is 5.92 Å². The van der Waals surface area contributed by atoms with Gasteiger partial charge in [-0.15, -0.1) is 0 Å². The Bertz CT molecular complexity index is 1050. The van der Waals surface area contributed by atoms with Gasteiger partial charge in [-0.25, -0.2) is 4.90 Å². The van der Waals surface area contributed by atoms with Gasteiger partial charge >= 0.3 is 0 Å². The maximum atomic E-state index is 13.8. The standard InChI is InChI=1S/C25H28N2O5/c1-16-9-11-26(12-10-16)23-22(20-7-5-6-8-21(20)32-4)24(28)27(25(23)29)17-13-18(30-2)15-19(14-17)31-3/h5-8,13-16H,9-12H2,1-4H3. The number of piperidine rings is 1. The summed E-state index contributed by atoms with van der Waals surface area (Å²) >= 11 is 0. The number of hydrogen-bond donors (Lipinski definition) is 0. The lowest BCUT2D eigenvalue weighted by Gasteiger charge is -2.32. The summed E-state index contributed by atoms with van der Waals surface area (Å²) in [6.07, 6.45) is 1.94. The molecule has 168 valence electrons. The van der Waals surface area contributed by atoms with E-state index in [1.54, 1.807) is 31.4 Å². The van der Waals surface area contributed by atoms with Gasteiger partial charge < -0.3 is 19.1 Å². The van der Waals surface area contributed by atoms with Crippen molar-refractivity contribution in [1.29, 1.82) is 0 Å². The number of carbonyl (C=O) groups excluding carboxylic acids is 2. The quantitative estimate of drug-likeness (QED) is 0.643. The summed E-state index contributed by atoms with van der Waals surface area (Å²) < 4.78 is 16.2. The molecule has 0 atom stereocenters. The molecule has 0 unspecified atom stereocenters. The Kier molecular flexibility index (Phi) is 6.08. The smallest absolute Gasteiger partial charge is 0.282 e. The van der Waals surface area contributed by atoms with Crippen molar-refractivity contribution in [3.63, 3.8) is 0 Å². The van der Waals surface area contributed by atoms with E-state index in [1.165, 1.54) is 19.1 Å². The Morgan fingerprint density at radius 2 is 1.47 bits per heavy atom. The van der Waals surface area contributed by atoms with Gasteiger partial charge in [0.2, 0.25) is 0 Å². The summed E-state index contributed by atoms with van der Waals surface area (Å²) in [5.74, 6) is 1.41. The van der Waals surface area contributed by atoms with Crippen LogP contribution in [0.25, 0.3) is 5.57 Å². The molecule has 2 aliphatic rings. The van der Waals surface area contributed by atoms with E-state index in [2.05, 4.69) is 6.92 Å². The Labute approximate surface area is 188 Å². The third kappa shape index (κ3) is 3.79. The van der Waals surface area contributed by atoms with E-state index in [9.17, 15) is 9.59 Å². The molecule has 0 spiro atoms. The summed E-state index contributed by atoms with van der Waals surface area (Å²) in [5.41, 5.74) is 1.81. The zero-order chi connectivity index (χ0) is 22.8. The average molecular weight is 437 g/mol. The molecule has 0 aromatic heterocycles. The first-order chi connectivity index (χ1) is 15.5. The van der Waals surface area contributed by atoms with Crippen molar-refractivity contribution in [2.75, 3.05) is 39.3 Å². The van der Waals surface area contributed by atoms with Gasteiger partial charge in [0.15, 0.2) is 0 Å². The Morgan fingerprint density at radius 1 is 0.844 bits per heavy atom.